The molecular weight excluding hydrogens is 498 g/mol. The molecule has 0 bridgehead atoms. The highest BCUT2D eigenvalue weighted by molar-refractivity contribution is 5.99. The number of carbonyl (C=O) groups excluding carboxylic acids is 1. The van der Waals surface area contributed by atoms with Gasteiger partial charge in [0.25, 0.3) is 0 Å². The van der Waals surface area contributed by atoms with E-state index in [0.717, 1.165) is 0 Å². The Morgan fingerprint density at radius 3 is 2.31 bits per heavy atom. The zero-order valence-electron chi connectivity index (χ0n) is 20.9. The molecule has 0 radical (unpaired) electrons. The number of rotatable bonds is 9. The third kappa shape index (κ3) is 6.20. The topological polar surface area (TPSA) is 136 Å². The smallest absolute Gasteiger partial charge is 0.323 e. The van der Waals surface area contributed by atoms with E-state index in [1.807, 2.05) is 0 Å². The molecule has 3 aromatic carbocycles. The number of pyridine rings is 1. The summed E-state index contributed by atoms with van der Waals surface area (Å²) in [7, 11) is 1.58. The highest BCUT2D eigenvalue weighted by atomic mass is 16.5. The number of nitrogens with zero attached hydrogens (tertiary/aromatic N) is 5. The van der Waals surface area contributed by atoms with Crippen molar-refractivity contribution in [2.24, 2.45) is 0 Å². The maximum absolute atomic E-state index is 12.3. The van der Waals surface area contributed by atoms with Gasteiger partial charge in [-0.3, -0.25) is 4.98 Å². The van der Waals surface area contributed by atoms with Crippen LogP contribution in [0.4, 0.5) is 16.2 Å². The number of ether oxygens (including phenoxy) is 3. The molecule has 0 atom stereocenters. The van der Waals surface area contributed by atoms with Crippen molar-refractivity contribution >= 4 is 28.3 Å². The van der Waals surface area contributed by atoms with Gasteiger partial charge in [-0.2, -0.15) is 5.26 Å². The van der Waals surface area contributed by atoms with E-state index < -0.39 is 0 Å². The maximum Gasteiger partial charge on any atom is 0.323 e. The van der Waals surface area contributed by atoms with Gasteiger partial charge in [-0.25, -0.2) is 9.48 Å². The van der Waals surface area contributed by atoms with Crippen LogP contribution in [0.5, 0.6) is 23.0 Å². The van der Waals surface area contributed by atoms with Crippen molar-refractivity contribution in [1.82, 2.24) is 20.0 Å². The van der Waals surface area contributed by atoms with Crippen LogP contribution in [-0.4, -0.2) is 39.7 Å². The number of benzene rings is 3. The Kier molecular flexibility index (Phi) is 7.46. The van der Waals surface area contributed by atoms with Gasteiger partial charge in [0.05, 0.1) is 30.9 Å². The Morgan fingerprint density at radius 1 is 0.949 bits per heavy atom. The van der Waals surface area contributed by atoms with Gasteiger partial charge in [-0.1, -0.05) is 5.21 Å². The van der Waals surface area contributed by atoms with Crippen LogP contribution in [0.2, 0.25) is 0 Å². The van der Waals surface area contributed by atoms with E-state index in [-0.39, 0.29) is 6.03 Å². The zero-order chi connectivity index (χ0) is 27.0. The molecule has 0 aliphatic rings. The van der Waals surface area contributed by atoms with Crippen LogP contribution in [0.15, 0.2) is 85.3 Å². The Morgan fingerprint density at radius 2 is 1.67 bits per heavy atom. The molecule has 0 fully saturated rings. The third-order valence-electron chi connectivity index (χ3n) is 5.66. The molecule has 2 amide bonds. The fourth-order valence-corrected chi connectivity index (χ4v) is 3.75. The summed E-state index contributed by atoms with van der Waals surface area (Å²) in [5.41, 5.74) is 2.21. The van der Waals surface area contributed by atoms with Crippen LogP contribution in [0.3, 0.4) is 0 Å². The lowest BCUT2D eigenvalue weighted by Gasteiger charge is -2.13. The van der Waals surface area contributed by atoms with E-state index in [9.17, 15) is 10.1 Å². The number of hydrogen-bond donors (Lipinski definition) is 2. The summed E-state index contributed by atoms with van der Waals surface area (Å²) in [5, 5.41) is 23.6. The molecule has 194 valence electrons. The number of methoxy groups -OCH3 is 1. The molecule has 39 heavy (non-hydrogen) atoms. The molecular formula is C28H23N7O4. The van der Waals surface area contributed by atoms with Gasteiger partial charge in [0, 0.05) is 35.2 Å². The summed E-state index contributed by atoms with van der Waals surface area (Å²) >= 11 is 0. The average molecular weight is 522 g/mol. The van der Waals surface area contributed by atoms with Crippen LogP contribution in [0, 0.1) is 11.3 Å². The van der Waals surface area contributed by atoms with E-state index in [2.05, 4.69) is 32.0 Å². The minimum absolute atomic E-state index is 0.318. The van der Waals surface area contributed by atoms with Crippen LogP contribution >= 0.6 is 0 Å². The van der Waals surface area contributed by atoms with Crippen molar-refractivity contribution in [3.05, 3.63) is 90.9 Å². The van der Waals surface area contributed by atoms with Crippen LogP contribution in [0.1, 0.15) is 5.56 Å². The SMILES string of the molecule is COc1ccc(NC(=O)Nc2ccc(Oc3ccnc4cc(OCCn5ccnn5)c(C#N)cc34)cc2)cc1. The first-order valence-electron chi connectivity index (χ1n) is 11.9. The summed E-state index contributed by atoms with van der Waals surface area (Å²) < 4.78 is 18.7. The molecule has 5 rings (SSSR count). The molecule has 0 aliphatic carbocycles. The number of aromatic nitrogens is 4. The number of anilines is 2. The van der Waals surface area contributed by atoms with Gasteiger partial charge in [0.1, 0.15) is 35.7 Å². The first-order chi connectivity index (χ1) is 19.1. The summed E-state index contributed by atoms with van der Waals surface area (Å²) in [4.78, 5) is 16.7. The van der Waals surface area contributed by atoms with Gasteiger partial charge < -0.3 is 24.8 Å². The van der Waals surface area contributed by atoms with Crippen molar-refractivity contribution in [3.8, 4) is 29.1 Å². The zero-order valence-corrected chi connectivity index (χ0v) is 20.9. The number of amides is 2. The van der Waals surface area contributed by atoms with E-state index in [0.29, 0.717) is 64.0 Å². The predicted molar refractivity (Wildman–Crippen MR) is 144 cm³/mol. The molecule has 2 heterocycles. The molecule has 2 aromatic heterocycles. The fourth-order valence-electron chi connectivity index (χ4n) is 3.75. The van der Waals surface area contributed by atoms with E-state index in [1.165, 1.54) is 0 Å². The van der Waals surface area contributed by atoms with Crippen molar-refractivity contribution in [2.45, 2.75) is 6.54 Å². The van der Waals surface area contributed by atoms with E-state index in [1.54, 1.807) is 97.1 Å². The fraction of sp³-hybridized carbons (Fsp3) is 0.107. The Labute approximate surface area is 223 Å². The van der Waals surface area contributed by atoms with Crippen LogP contribution in [0.25, 0.3) is 10.9 Å². The predicted octanol–water partition coefficient (Wildman–Crippen LogP) is 5.22. The highest BCUT2D eigenvalue weighted by Gasteiger charge is 2.12. The molecule has 0 unspecified atom stereocenters. The van der Waals surface area contributed by atoms with Crippen molar-refractivity contribution in [3.63, 3.8) is 0 Å². The normalized spacial score (nSPS) is 10.5. The number of nitriles is 1. The van der Waals surface area contributed by atoms with Crippen molar-refractivity contribution in [1.29, 1.82) is 5.26 Å². The lowest BCUT2D eigenvalue weighted by atomic mass is 10.1. The molecule has 2 N–H and O–H groups in total. The molecule has 5 aromatic rings. The van der Waals surface area contributed by atoms with E-state index in [4.69, 9.17) is 14.2 Å². The van der Waals surface area contributed by atoms with Gasteiger partial charge in [-0.15, -0.1) is 5.10 Å². The maximum atomic E-state index is 12.3. The summed E-state index contributed by atoms with van der Waals surface area (Å²) in [6, 6.07) is 20.9. The second-order valence-corrected chi connectivity index (χ2v) is 8.24. The van der Waals surface area contributed by atoms with Gasteiger partial charge in [0.2, 0.25) is 0 Å². The standard InChI is InChI=1S/C28H23N7O4/c1-37-22-6-2-20(3-7-22)32-28(36)33-21-4-8-23(9-5-21)39-26-10-11-30-25-17-27(19(18-29)16-24(25)26)38-15-14-35-13-12-31-34-35/h2-13,16-17H,14-15H2,1H3,(H2,32,33,36). The molecule has 0 saturated carbocycles. The first kappa shape index (κ1) is 25.0. The van der Waals surface area contributed by atoms with Gasteiger partial charge in [0.15, 0.2) is 0 Å². The third-order valence-corrected chi connectivity index (χ3v) is 5.66. The monoisotopic (exact) mass is 521 g/mol. The molecule has 11 heteroatoms. The number of carbonyl (C=O) groups is 1. The Balaban J connectivity index is 1.25. The molecule has 0 aliphatic heterocycles. The lowest BCUT2D eigenvalue weighted by molar-refractivity contribution is 0.262. The number of fused-ring (bicyclic) bond motifs is 1. The lowest BCUT2D eigenvalue weighted by Crippen LogP contribution is -2.19. The summed E-state index contributed by atoms with van der Waals surface area (Å²) in [5.74, 6) is 2.22. The van der Waals surface area contributed by atoms with Gasteiger partial charge >= 0.3 is 6.03 Å². The van der Waals surface area contributed by atoms with Gasteiger partial charge in [-0.05, 0) is 60.7 Å². The van der Waals surface area contributed by atoms with Crippen LogP contribution < -0.4 is 24.8 Å². The Hall–Kier alpha value is -5.63. The quantitative estimate of drug-likeness (QED) is 0.269. The summed E-state index contributed by atoms with van der Waals surface area (Å²) in [6.07, 6.45) is 4.95. The minimum atomic E-state index is -0.377. The minimum Gasteiger partial charge on any atom is -0.497 e. The Bertz CT molecular complexity index is 1610. The molecule has 11 nitrogen and oxygen atoms in total. The molecule has 0 spiro atoms. The largest absolute Gasteiger partial charge is 0.497 e. The van der Waals surface area contributed by atoms with Crippen molar-refractivity contribution < 1.29 is 19.0 Å². The first-order valence-corrected chi connectivity index (χ1v) is 11.9. The van der Waals surface area contributed by atoms with E-state index >= 15 is 0 Å². The number of hydrogen-bond acceptors (Lipinski definition) is 8. The summed E-state index contributed by atoms with van der Waals surface area (Å²) in [6.45, 7) is 0.811. The second kappa shape index (κ2) is 11.6. The van der Waals surface area contributed by atoms with Crippen molar-refractivity contribution in [2.75, 3.05) is 24.4 Å². The molecule has 0 saturated heterocycles. The second-order valence-electron chi connectivity index (χ2n) is 8.24. The number of urea groups is 1. The highest BCUT2D eigenvalue weighted by Crippen LogP contribution is 2.33. The van der Waals surface area contributed by atoms with Crippen LogP contribution in [-0.2, 0) is 6.54 Å². The number of nitrogens with one attached hydrogen (secondary N) is 2. The average Bonchev–Trinajstić information content (AvgIpc) is 3.48.